The van der Waals surface area contributed by atoms with Crippen molar-refractivity contribution >= 4 is 33.3 Å². The van der Waals surface area contributed by atoms with Crippen LogP contribution < -0.4 is 10.6 Å². The lowest BCUT2D eigenvalue weighted by Gasteiger charge is -2.37. The number of piperazine rings is 1. The molecule has 1 aliphatic heterocycles. The summed E-state index contributed by atoms with van der Waals surface area (Å²) < 4.78 is 27.8. The van der Waals surface area contributed by atoms with Crippen molar-refractivity contribution in [2.75, 3.05) is 31.5 Å². The fourth-order valence-corrected chi connectivity index (χ4v) is 5.55. The van der Waals surface area contributed by atoms with Crippen LogP contribution in [0.2, 0.25) is 5.02 Å². The van der Waals surface area contributed by atoms with Crippen LogP contribution in [0.3, 0.4) is 0 Å². The molecular formula is C26H32ClN5O3S. The van der Waals surface area contributed by atoms with Gasteiger partial charge in [0.2, 0.25) is 10.0 Å². The number of carbonyl (C=O) groups is 1. The molecule has 1 aliphatic rings. The van der Waals surface area contributed by atoms with Gasteiger partial charge in [-0.05, 0) is 60.5 Å². The Bertz CT molecular complexity index is 1230. The molecule has 2 N–H and O–H groups in total. The van der Waals surface area contributed by atoms with Gasteiger partial charge in [0, 0.05) is 61.9 Å². The molecule has 192 valence electrons. The van der Waals surface area contributed by atoms with E-state index in [1.165, 1.54) is 16.4 Å². The van der Waals surface area contributed by atoms with Crippen LogP contribution in [-0.4, -0.2) is 54.8 Å². The van der Waals surface area contributed by atoms with Crippen molar-refractivity contribution in [2.45, 2.75) is 31.8 Å². The van der Waals surface area contributed by atoms with Gasteiger partial charge in [-0.3, -0.25) is 9.88 Å². The van der Waals surface area contributed by atoms with Gasteiger partial charge in [-0.2, -0.15) is 4.31 Å². The fourth-order valence-electron chi connectivity index (χ4n) is 4.00. The van der Waals surface area contributed by atoms with Crippen LogP contribution in [0, 0.1) is 0 Å². The zero-order valence-corrected chi connectivity index (χ0v) is 21.0. The molecular weight excluding hydrogens is 498 g/mol. The molecule has 36 heavy (non-hydrogen) atoms. The predicted molar refractivity (Wildman–Crippen MR) is 143 cm³/mol. The highest BCUT2D eigenvalue weighted by Gasteiger charge is 2.30. The summed E-state index contributed by atoms with van der Waals surface area (Å²) in [6, 6.07) is 17.4. The van der Waals surface area contributed by atoms with Crippen LogP contribution in [0.5, 0.6) is 0 Å². The first-order chi connectivity index (χ1) is 16.8. The smallest absolute Gasteiger partial charge is 0.319 e. The van der Waals surface area contributed by atoms with E-state index in [1.807, 2.05) is 30.3 Å². The van der Waals surface area contributed by atoms with Gasteiger partial charge >= 0.3 is 6.03 Å². The van der Waals surface area contributed by atoms with E-state index < -0.39 is 10.0 Å². The number of pyridine rings is 1. The number of anilines is 1. The molecule has 10 heteroatoms. The largest absolute Gasteiger partial charge is 0.334 e. The summed E-state index contributed by atoms with van der Waals surface area (Å²) in [7, 11) is -3.62. The normalized spacial score (nSPS) is 15.5. The SMILES string of the molecule is C.C[C@H](c1ccc(Cl)cc1)N1CCN(S(=O)(=O)c2ccc(NC(=O)NCc3cccnc3)cc2)CC1. The second-order valence-electron chi connectivity index (χ2n) is 8.36. The predicted octanol–water partition coefficient (Wildman–Crippen LogP) is 4.76. The van der Waals surface area contributed by atoms with Crippen molar-refractivity contribution in [3.8, 4) is 0 Å². The van der Waals surface area contributed by atoms with Crippen LogP contribution in [-0.2, 0) is 16.6 Å². The molecule has 1 aromatic heterocycles. The molecule has 0 saturated carbocycles. The van der Waals surface area contributed by atoms with E-state index in [2.05, 4.69) is 27.4 Å². The zero-order valence-electron chi connectivity index (χ0n) is 19.4. The summed E-state index contributed by atoms with van der Waals surface area (Å²) in [5.74, 6) is 0. The Morgan fingerprint density at radius 2 is 1.69 bits per heavy atom. The fraction of sp³-hybridized carbons (Fsp3) is 0.308. The second-order valence-corrected chi connectivity index (χ2v) is 10.7. The Hall–Kier alpha value is -2.98. The maximum absolute atomic E-state index is 13.2. The highest BCUT2D eigenvalue weighted by molar-refractivity contribution is 7.89. The lowest BCUT2D eigenvalue weighted by molar-refractivity contribution is 0.146. The molecule has 0 spiro atoms. The molecule has 2 heterocycles. The van der Waals surface area contributed by atoms with Gasteiger partial charge in [-0.25, -0.2) is 13.2 Å². The number of benzene rings is 2. The van der Waals surface area contributed by atoms with Crippen molar-refractivity contribution in [3.63, 3.8) is 0 Å². The average Bonchev–Trinajstić information content (AvgIpc) is 2.88. The summed E-state index contributed by atoms with van der Waals surface area (Å²) in [4.78, 5) is 18.6. The summed E-state index contributed by atoms with van der Waals surface area (Å²) >= 11 is 5.99. The summed E-state index contributed by atoms with van der Waals surface area (Å²) in [5, 5.41) is 6.16. The number of nitrogens with one attached hydrogen (secondary N) is 2. The first-order valence-electron chi connectivity index (χ1n) is 11.4. The van der Waals surface area contributed by atoms with E-state index in [-0.39, 0.29) is 24.4 Å². The number of nitrogens with zero attached hydrogens (tertiary/aromatic N) is 3. The van der Waals surface area contributed by atoms with Crippen molar-refractivity contribution < 1.29 is 13.2 Å². The molecule has 1 saturated heterocycles. The van der Waals surface area contributed by atoms with E-state index in [0.29, 0.717) is 43.4 Å². The van der Waals surface area contributed by atoms with Crippen molar-refractivity contribution in [2.24, 2.45) is 0 Å². The minimum absolute atomic E-state index is 0. The highest BCUT2D eigenvalue weighted by atomic mass is 35.5. The molecule has 0 aliphatic carbocycles. The Balaban J connectivity index is 0.00000361. The molecule has 1 atom stereocenters. The lowest BCUT2D eigenvalue weighted by atomic mass is 10.1. The summed E-state index contributed by atoms with van der Waals surface area (Å²) in [6.45, 7) is 4.56. The number of aromatic nitrogens is 1. The Morgan fingerprint density at radius 1 is 1.03 bits per heavy atom. The molecule has 8 nitrogen and oxygen atoms in total. The molecule has 3 aromatic rings. The van der Waals surface area contributed by atoms with Crippen LogP contribution in [0.1, 0.15) is 31.5 Å². The van der Waals surface area contributed by atoms with Gasteiger partial charge in [0.1, 0.15) is 0 Å². The molecule has 0 unspecified atom stereocenters. The first kappa shape index (κ1) is 27.6. The Kier molecular flexibility index (Phi) is 9.44. The Morgan fingerprint density at radius 3 is 2.31 bits per heavy atom. The lowest BCUT2D eigenvalue weighted by Crippen LogP contribution is -2.49. The average molecular weight is 530 g/mol. The van der Waals surface area contributed by atoms with Crippen LogP contribution in [0.25, 0.3) is 0 Å². The number of urea groups is 1. The number of hydrogen-bond donors (Lipinski definition) is 2. The van der Waals surface area contributed by atoms with Crippen molar-refractivity contribution in [1.82, 2.24) is 19.5 Å². The molecule has 1 fully saturated rings. The summed E-state index contributed by atoms with van der Waals surface area (Å²) in [5.41, 5.74) is 2.54. The second kappa shape index (κ2) is 12.3. The third-order valence-electron chi connectivity index (χ3n) is 6.10. The monoisotopic (exact) mass is 529 g/mol. The maximum Gasteiger partial charge on any atom is 0.319 e. The standard InChI is InChI=1S/C25H28ClN5O3S.CH4/c1-19(21-4-6-22(26)7-5-21)30-13-15-31(16-14-30)35(33,34)24-10-8-23(9-11-24)29-25(32)28-18-20-3-2-12-27-17-20;/h2-12,17,19H,13-16,18H2,1H3,(H2,28,29,32);1H4/t19-;/m1./s1. The number of rotatable bonds is 7. The van der Waals surface area contributed by atoms with E-state index in [4.69, 9.17) is 11.6 Å². The molecule has 0 bridgehead atoms. The topological polar surface area (TPSA) is 94.6 Å². The number of amides is 2. The van der Waals surface area contributed by atoms with Crippen molar-refractivity contribution in [1.29, 1.82) is 0 Å². The molecule has 2 amide bonds. The number of hydrogen-bond acceptors (Lipinski definition) is 5. The van der Waals surface area contributed by atoms with Crippen LogP contribution >= 0.6 is 11.6 Å². The van der Waals surface area contributed by atoms with Crippen molar-refractivity contribution in [3.05, 3.63) is 89.2 Å². The molecule has 0 radical (unpaired) electrons. The quantitative estimate of drug-likeness (QED) is 0.460. The molecule has 2 aromatic carbocycles. The first-order valence-corrected chi connectivity index (χ1v) is 13.2. The van der Waals surface area contributed by atoms with Gasteiger partial charge in [0.25, 0.3) is 0 Å². The Labute approximate surface area is 218 Å². The third-order valence-corrected chi connectivity index (χ3v) is 8.26. The minimum atomic E-state index is -3.62. The molecule has 4 rings (SSSR count). The van der Waals surface area contributed by atoms with Crippen LogP contribution in [0.15, 0.2) is 78.0 Å². The van der Waals surface area contributed by atoms with Crippen LogP contribution in [0.4, 0.5) is 10.5 Å². The van der Waals surface area contributed by atoms with E-state index in [9.17, 15) is 13.2 Å². The minimum Gasteiger partial charge on any atom is -0.334 e. The van der Waals surface area contributed by atoms with Gasteiger partial charge < -0.3 is 10.6 Å². The zero-order chi connectivity index (χ0) is 24.8. The summed E-state index contributed by atoms with van der Waals surface area (Å²) in [6.07, 6.45) is 3.35. The van der Waals surface area contributed by atoms with E-state index in [1.54, 1.807) is 30.6 Å². The van der Waals surface area contributed by atoms with Gasteiger partial charge in [0.05, 0.1) is 4.90 Å². The van der Waals surface area contributed by atoms with Gasteiger partial charge in [0.15, 0.2) is 0 Å². The number of halogens is 1. The number of carbonyl (C=O) groups excluding carboxylic acids is 1. The maximum atomic E-state index is 13.2. The third kappa shape index (κ3) is 6.82. The highest BCUT2D eigenvalue weighted by Crippen LogP contribution is 2.25. The van der Waals surface area contributed by atoms with E-state index >= 15 is 0 Å². The van der Waals surface area contributed by atoms with Gasteiger partial charge in [-0.1, -0.05) is 37.2 Å². The van der Waals surface area contributed by atoms with Gasteiger partial charge in [-0.15, -0.1) is 0 Å². The number of sulfonamides is 1. The van der Waals surface area contributed by atoms with E-state index in [0.717, 1.165) is 11.1 Å².